The van der Waals surface area contributed by atoms with E-state index in [0.29, 0.717) is 12.0 Å². The summed E-state index contributed by atoms with van der Waals surface area (Å²) in [4.78, 5) is 8.20. The average molecular weight is 221 g/mol. The summed E-state index contributed by atoms with van der Waals surface area (Å²) in [5, 5.41) is 2.98. The molecule has 1 N–H and O–H groups in total. The molecule has 4 heteroatoms. The Hall–Kier alpha value is -1.32. The average Bonchev–Trinajstić information content (AvgIpc) is 2.29. The Morgan fingerprint density at radius 2 is 2.25 bits per heavy atom. The van der Waals surface area contributed by atoms with Crippen molar-refractivity contribution in [1.82, 2.24) is 9.97 Å². The van der Waals surface area contributed by atoms with E-state index in [-0.39, 0.29) is 0 Å². The van der Waals surface area contributed by atoms with Crippen molar-refractivity contribution in [3.63, 3.8) is 0 Å². The van der Waals surface area contributed by atoms with Gasteiger partial charge in [-0.1, -0.05) is 13.3 Å². The number of hydrogen-bond donors (Lipinski definition) is 1. The first-order valence-electron chi connectivity index (χ1n) is 5.94. The van der Waals surface area contributed by atoms with E-state index in [0.717, 1.165) is 24.6 Å². The van der Waals surface area contributed by atoms with E-state index in [4.69, 9.17) is 4.74 Å². The van der Waals surface area contributed by atoms with Crippen LogP contribution in [0.3, 0.4) is 0 Å². The topological polar surface area (TPSA) is 47.0 Å². The number of hydrogen-bond acceptors (Lipinski definition) is 4. The second kappa shape index (κ2) is 5.14. The zero-order valence-electron chi connectivity index (χ0n) is 9.94. The van der Waals surface area contributed by atoms with E-state index in [1.54, 1.807) is 0 Å². The van der Waals surface area contributed by atoms with Gasteiger partial charge in [0.25, 0.3) is 0 Å². The third-order valence-electron chi connectivity index (χ3n) is 3.07. The molecule has 0 amide bonds. The minimum atomic E-state index is 0.323. The maximum Gasteiger partial charge on any atom is 0.218 e. The SMILES string of the molecule is CNc1cc(OC2CCCC(C)C2)ncn1. The second-order valence-corrected chi connectivity index (χ2v) is 4.50. The third kappa shape index (κ3) is 2.84. The number of ether oxygens (including phenoxy) is 1. The largest absolute Gasteiger partial charge is 0.474 e. The highest BCUT2D eigenvalue weighted by Gasteiger charge is 2.20. The van der Waals surface area contributed by atoms with Crippen LogP contribution in [0.4, 0.5) is 5.82 Å². The predicted molar refractivity (Wildman–Crippen MR) is 63.6 cm³/mol. The lowest BCUT2D eigenvalue weighted by atomic mass is 9.89. The third-order valence-corrected chi connectivity index (χ3v) is 3.07. The molecule has 0 radical (unpaired) electrons. The molecule has 88 valence electrons. The molecule has 0 saturated heterocycles. The summed E-state index contributed by atoms with van der Waals surface area (Å²) in [6, 6.07) is 1.85. The molecule has 1 aromatic rings. The maximum atomic E-state index is 5.88. The van der Waals surface area contributed by atoms with Gasteiger partial charge in [-0.15, -0.1) is 0 Å². The molecule has 1 heterocycles. The number of nitrogens with zero attached hydrogens (tertiary/aromatic N) is 2. The molecule has 2 atom stereocenters. The van der Waals surface area contributed by atoms with E-state index in [2.05, 4.69) is 22.2 Å². The molecular formula is C12H19N3O. The van der Waals surface area contributed by atoms with Crippen molar-refractivity contribution in [1.29, 1.82) is 0 Å². The minimum absolute atomic E-state index is 0.323. The Kier molecular flexibility index (Phi) is 3.59. The first-order valence-corrected chi connectivity index (χ1v) is 5.94. The fraction of sp³-hybridized carbons (Fsp3) is 0.667. The highest BCUT2D eigenvalue weighted by molar-refractivity contribution is 5.36. The highest BCUT2D eigenvalue weighted by Crippen LogP contribution is 2.26. The molecule has 1 aliphatic rings. The van der Waals surface area contributed by atoms with Gasteiger partial charge < -0.3 is 10.1 Å². The summed E-state index contributed by atoms with van der Waals surface area (Å²) in [6.45, 7) is 2.29. The Balaban J connectivity index is 1.97. The van der Waals surface area contributed by atoms with Crippen LogP contribution in [0.15, 0.2) is 12.4 Å². The van der Waals surface area contributed by atoms with Gasteiger partial charge in [-0.25, -0.2) is 9.97 Å². The van der Waals surface area contributed by atoms with E-state index in [1.807, 2.05) is 13.1 Å². The summed E-state index contributed by atoms with van der Waals surface area (Å²) < 4.78 is 5.88. The van der Waals surface area contributed by atoms with Gasteiger partial charge in [0.1, 0.15) is 18.2 Å². The van der Waals surface area contributed by atoms with Gasteiger partial charge in [-0.3, -0.25) is 0 Å². The maximum absolute atomic E-state index is 5.88. The van der Waals surface area contributed by atoms with Crippen LogP contribution in [0.5, 0.6) is 5.88 Å². The lowest BCUT2D eigenvalue weighted by Crippen LogP contribution is -2.24. The van der Waals surface area contributed by atoms with Crippen molar-refractivity contribution in [3.05, 3.63) is 12.4 Å². The molecule has 1 aliphatic carbocycles. The van der Waals surface area contributed by atoms with E-state index < -0.39 is 0 Å². The van der Waals surface area contributed by atoms with Gasteiger partial charge in [0.2, 0.25) is 5.88 Å². The lowest BCUT2D eigenvalue weighted by molar-refractivity contribution is 0.124. The number of rotatable bonds is 3. The van der Waals surface area contributed by atoms with Crippen LogP contribution in [-0.4, -0.2) is 23.1 Å². The van der Waals surface area contributed by atoms with E-state index in [9.17, 15) is 0 Å². The fourth-order valence-electron chi connectivity index (χ4n) is 2.20. The van der Waals surface area contributed by atoms with Gasteiger partial charge >= 0.3 is 0 Å². The molecule has 2 rings (SSSR count). The van der Waals surface area contributed by atoms with Crippen molar-refractivity contribution in [3.8, 4) is 5.88 Å². The minimum Gasteiger partial charge on any atom is -0.474 e. The van der Waals surface area contributed by atoms with Gasteiger partial charge in [-0.05, 0) is 25.2 Å². The molecule has 0 aromatic carbocycles. The van der Waals surface area contributed by atoms with Gasteiger partial charge in [0, 0.05) is 13.1 Å². The van der Waals surface area contributed by atoms with Crippen molar-refractivity contribution >= 4 is 5.82 Å². The summed E-state index contributed by atoms with van der Waals surface area (Å²) in [5.74, 6) is 2.25. The molecule has 1 fully saturated rings. The lowest BCUT2D eigenvalue weighted by Gasteiger charge is -2.26. The Bertz CT molecular complexity index is 343. The zero-order valence-corrected chi connectivity index (χ0v) is 9.94. The number of nitrogens with one attached hydrogen (secondary N) is 1. The summed E-state index contributed by atoms with van der Waals surface area (Å²) in [5.41, 5.74) is 0. The molecule has 1 aromatic heterocycles. The van der Waals surface area contributed by atoms with Crippen LogP contribution in [0.1, 0.15) is 32.6 Å². The zero-order chi connectivity index (χ0) is 11.4. The first kappa shape index (κ1) is 11.2. The van der Waals surface area contributed by atoms with E-state index >= 15 is 0 Å². The van der Waals surface area contributed by atoms with E-state index in [1.165, 1.54) is 19.2 Å². The molecule has 0 spiro atoms. The molecule has 0 aliphatic heterocycles. The standard InChI is InChI=1S/C12H19N3O/c1-9-4-3-5-10(6-9)16-12-7-11(13-2)14-8-15-12/h7-10H,3-6H2,1-2H3,(H,13,14,15). The Labute approximate surface area is 96.4 Å². The molecule has 16 heavy (non-hydrogen) atoms. The van der Waals surface area contributed by atoms with Crippen LogP contribution < -0.4 is 10.1 Å². The van der Waals surface area contributed by atoms with Gasteiger partial charge in [0.15, 0.2) is 0 Å². The van der Waals surface area contributed by atoms with Crippen LogP contribution in [0.25, 0.3) is 0 Å². The van der Waals surface area contributed by atoms with Gasteiger partial charge in [0.05, 0.1) is 0 Å². The highest BCUT2D eigenvalue weighted by atomic mass is 16.5. The van der Waals surface area contributed by atoms with Crippen LogP contribution >= 0.6 is 0 Å². The Morgan fingerprint density at radius 3 is 3.00 bits per heavy atom. The number of aromatic nitrogens is 2. The van der Waals surface area contributed by atoms with Crippen LogP contribution in [0, 0.1) is 5.92 Å². The summed E-state index contributed by atoms with van der Waals surface area (Å²) >= 11 is 0. The second-order valence-electron chi connectivity index (χ2n) is 4.50. The van der Waals surface area contributed by atoms with Crippen molar-refractivity contribution < 1.29 is 4.74 Å². The van der Waals surface area contributed by atoms with Gasteiger partial charge in [-0.2, -0.15) is 0 Å². The van der Waals surface area contributed by atoms with Crippen LogP contribution in [0.2, 0.25) is 0 Å². The molecule has 2 unspecified atom stereocenters. The molecular weight excluding hydrogens is 202 g/mol. The fourth-order valence-corrected chi connectivity index (χ4v) is 2.20. The quantitative estimate of drug-likeness (QED) is 0.851. The van der Waals surface area contributed by atoms with Crippen molar-refractivity contribution in [2.24, 2.45) is 5.92 Å². The van der Waals surface area contributed by atoms with Crippen molar-refractivity contribution in [2.75, 3.05) is 12.4 Å². The number of anilines is 1. The smallest absolute Gasteiger partial charge is 0.218 e. The monoisotopic (exact) mass is 221 g/mol. The Morgan fingerprint density at radius 1 is 1.38 bits per heavy atom. The molecule has 4 nitrogen and oxygen atoms in total. The predicted octanol–water partition coefficient (Wildman–Crippen LogP) is 2.48. The normalized spacial score (nSPS) is 25.1. The van der Waals surface area contributed by atoms with Crippen LogP contribution in [-0.2, 0) is 0 Å². The van der Waals surface area contributed by atoms with Crippen molar-refractivity contribution in [2.45, 2.75) is 38.7 Å². The summed E-state index contributed by atoms with van der Waals surface area (Å²) in [6.07, 6.45) is 6.72. The molecule has 1 saturated carbocycles. The summed E-state index contributed by atoms with van der Waals surface area (Å²) in [7, 11) is 1.84. The first-order chi connectivity index (χ1) is 7.78. The molecule has 0 bridgehead atoms.